The molecule has 0 fully saturated rings. The summed E-state index contributed by atoms with van der Waals surface area (Å²) in [6.45, 7) is 4.61. The van der Waals surface area contributed by atoms with Crippen LogP contribution >= 0.6 is 0 Å². The zero-order valence-corrected chi connectivity index (χ0v) is 14.3. The predicted molar refractivity (Wildman–Crippen MR) is 85.8 cm³/mol. The van der Waals surface area contributed by atoms with Crippen molar-refractivity contribution in [3.05, 3.63) is 39.4 Å². The van der Waals surface area contributed by atoms with Gasteiger partial charge in [0.25, 0.3) is 0 Å². The number of esters is 1. The number of rotatable bonds is 5. The summed E-state index contributed by atoms with van der Waals surface area (Å²) in [6, 6.07) is 4.91. The third-order valence-corrected chi connectivity index (χ3v) is 3.99. The second-order valence-electron chi connectivity index (χ2n) is 6.92. The lowest BCUT2D eigenvalue weighted by molar-refractivity contribution is -0.482. The summed E-state index contributed by atoms with van der Waals surface area (Å²) in [5.74, 6) is -0.566. The molecule has 0 unspecified atom stereocenters. The second kappa shape index (κ2) is 6.22. The molecule has 1 aromatic rings. The summed E-state index contributed by atoms with van der Waals surface area (Å²) >= 11 is 0. The average molecular weight is 335 g/mol. The number of benzene rings is 1. The Morgan fingerprint density at radius 3 is 2.58 bits per heavy atom. The van der Waals surface area contributed by atoms with Crippen molar-refractivity contribution >= 4 is 11.8 Å². The normalized spacial score (nSPS) is 19.8. The van der Waals surface area contributed by atoms with Gasteiger partial charge in [0, 0.05) is 16.9 Å². The van der Waals surface area contributed by atoms with Crippen LogP contribution in [0.2, 0.25) is 0 Å². The van der Waals surface area contributed by atoms with Crippen molar-refractivity contribution in [3.63, 3.8) is 0 Å². The quantitative estimate of drug-likeness (QED) is 0.355. The van der Waals surface area contributed by atoms with Crippen LogP contribution in [0.1, 0.15) is 43.1 Å². The average Bonchev–Trinajstić information content (AvgIpc) is 2.76. The first-order valence-corrected chi connectivity index (χ1v) is 7.66. The first-order chi connectivity index (χ1) is 11.1. The lowest BCUT2D eigenvalue weighted by atomic mass is 9.80. The van der Waals surface area contributed by atoms with Crippen molar-refractivity contribution in [2.24, 2.45) is 5.41 Å². The summed E-state index contributed by atoms with van der Waals surface area (Å²) in [7, 11) is 1.51. The Kier molecular flexibility index (Phi) is 4.64. The second-order valence-corrected chi connectivity index (χ2v) is 6.92. The minimum absolute atomic E-state index is 0.0844. The SMILES string of the molecule is COc1ccc2c(c1)C[C@@](CC[N+](=O)[O-])(C(=O)OC(C)(C)C)C2=O. The number of ketones is 1. The topological polar surface area (TPSA) is 95.7 Å². The summed E-state index contributed by atoms with van der Waals surface area (Å²) in [5, 5.41) is 10.8. The van der Waals surface area contributed by atoms with E-state index in [1.54, 1.807) is 39.0 Å². The largest absolute Gasteiger partial charge is 0.497 e. The molecule has 130 valence electrons. The van der Waals surface area contributed by atoms with Gasteiger partial charge in [0.05, 0.1) is 7.11 Å². The van der Waals surface area contributed by atoms with E-state index >= 15 is 0 Å². The standard InChI is InChI=1S/C17H21NO6/c1-16(2,3)24-15(20)17(7-8-18(21)22)10-11-9-12(23-4)5-6-13(11)14(17)19/h5-6,9H,7-8,10H2,1-4H3/t17-/m1/s1. The number of hydrogen-bond donors (Lipinski definition) is 0. The lowest BCUT2D eigenvalue weighted by Gasteiger charge is -2.29. The highest BCUT2D eigenvalue weighted by Gasteiger charge is 2.54. The smallest absolute Gasteiger partial charge is 0.321 e. The molecular formula is C17H21NO6. The molecule has 1 aliphatic carbocycles. The zero-order chi connectivity index (χ0) is 18.1. The van der Waals surface area contributed by atoms with Crippen molar-refractivity contribution in [1.29, 1.82) is 0 Å². The fourth-order valence-electron chi connectivity index (χ4n) is 2.85. The number of hydrogen-bond acceptors (Lipinski definition) is 6. The molecule has 0 bridgehead atoms. The van der Waals surface area contributed by atoms with Crippen LogP contribution in [0.25, 0.3) is 0 Å². The molecule has 0 heterocycles. The van der Waals surface area contributed by atoms with Crippen LogP contribution in [0.3, 0.4) is 0 Å². The zero-order valence-electron chi connectivity index (χ0n) is 14.3. The van der Waals surface area contributed by atoms with Gasteiger partial charge in [-0.15, -0.1) is 0 Å². The highest BCUT2D eigenvalue weighted by molar-refractivity contribution is 6.16. The fourth-order valence-corrected chi connectivity index (χ4v) is 2.85. The maximum absolute atomic E-state index is 12.9. The molecule has 1 aliphatic rings. The van der Waals surface area contributed by atoms with E-state index in [2.05, 4.69) is 0 Å². The van der Waals surface area contributed by atoms with Crippen LogP contribution in [0.5, 0.6) is 5.75 Å². The summed E-state index contributed by atoms with van der Waals surface area (Å²) in [5.41, 5.74) is -1.29. The fraction of sp³-hybridized carbons (Fsp3) is 0.529. The van der Waals surface area contributed by atoms with Gasteiger partial charge in [-0.2, -0.15) is 0 Å². The monoisotopic (exact) mass is 335 g/mol. The van der Waals surface area contributed by atoms with E-state index in [1.807, 2.05) is 0 Å². The molecule has 0 N–H and O–H groups in total. The third-order valence-electron chi connectivity index (χ3n) is 3.99. The predicted octanol–water partition coefficient (Wildman–Crippen LogP) is 2.43. The Labute approximate surface area is 140 Å². The van der Waals surface area contributed by atoms with E-state index in [1.165, 1.54) is 7.11 Å². The molecule has 7 nitrogen and oxygen atoms in total. The highest BCUT2D eigenvalue weighted by atomic mass is 16.6. The summed E-state index contributed by atoms with van der Waals surface area (Å²) in [6.07, 6.45) is -0.105. The van der Waals surface area contributed by atoms with Crippen molar-refractivity contribution in [1.82, 2.24) is 0 Å². The molecule has 0 saturated carbocycles. The van der Waals surface area contributed by atoms with Crippen molar-refractivity contribution in [2.45, 2.75) is 39.2 Å². The van der Waals surface area contributed by atoms with E-state index in [-0.39, 0.29) is 12.8 Å². The van der Waals surface area contributed by atoms with Gasteiger partial charge in [0.15, 0.2) is 5.78 Å². The van der Waals surface area contributed by atoms with E-state index in [9.17, 15) is 19.7 Å². The minimum atomic E-state index is -1.55. The Bertz CT molecular complexity index is 691. The van der Waals surface area contributed by atoms with E-state index in [4.69, 9.17) is 9.47 Å². The Hall–Kier alpha value is -2.44. The maximum atomic E-state index is 12.9. The van der Waals surface area contributed by atoms with Crippen LogP contribution < -0.4 is 4.74 Å². The van der Waals surface area contributed by atoms with Gasteiger partial charge in [0.1, 0.15) is 16.8 Å². The highest BCUT2D eigenvalue weighted by Crippen LogP contribution is 2.42. The molecule has 0 amide bonds. The lowest BCUT2D eigenvalue weighted by Crippen LogP contribution is -2.43. The molecule has 0 aliphatic heterocycles. The van der Waals surface area contributed by atoms with Crippen molar-refractivity contribution in [2.75, 3.05) is 13.7 Å². The van der Waals surface area contributed by atoms with Gasteiger partial charge in [-0.25, -0.2) is 0 Å². The number of nitrogens with zero attached hydrogens (tertiary/aromatic N) is 1. The molecular weight excluding hydrogens is 314 g/mol. The van der Waals surface area contributed by atoms with Gasteiger partial charge in [-0.05, 0) is 51.0 Å². The van der Waals surface area contributed by atoms with E-state index in [0.717, 1.165) is 0 Å². The van der Waals surface area contributed by atoms with Crippen LogP contribution in [-0.4, -0.2) is 35.9 Å². The number of methoxy groups -OCH3 is 1. The molecule has 2 rings (SSSR count). The van der Waals surface area contributed by atoms with Gasteiger partial charge in [-0.3, -0.25) is 19.7 Å². The number of fused-ring (bicyclic) bond motifs is 1. The number of Topliss-reactive ketones (excluding diaryl/α,β-unsaturated/α-hetero) is 1. The molecule has 1 aromatic carbocycles. The van der Waals surface area contributed by atoms with Gasteiger partial charge < -0.3 is 9.47 Å². The van der Waals surface area contributed by atoms with Gasteiger partial charge >= 0.3 is 5.97 Å². The molecule has 1 atom stereocenters. The first-order valence-electron chi connectivity index (χ1n) is 7.66. The van der Waals surface area contributed by atoms with Crippen LogP contribution in [0.4, 0.5) is 0 Å². The molecule has 7 heteroatoms. The number of carbonyl (C=O) groups excluding carboxylic acids is 2. The van der Waals surface area contributed by atoms with E-state index < -0.39 is 34.2 Å². The van der Waals surface area contributed by atoms with Crippen molar-refractivity contribution in [3.8, 4) is 5.75 Å². The first kappa shape index (κ1) is 17.9. The Morgan fingerprint density at radius 1 is 1.38 bits per heavy atom. The Morgan fingerprint density at radius 2 is 2.04 bits per heavy atom. The van der Waals surface area contributed by atoms with E-state index in [0.29, 0.717) is 16.9 Å². The van der Waals surface area contributed by atoms with Gasteiger partial charge in [-0.1, -0.05) is 0 Å². The number of nitro groups is 1. The molecule has 24 heavy (non-hydrogen) atoms. The number of carbonyl (C=O) groups is 2. The maximum Gasteiger partial charge on any atom is 0.321 e. The molecule has 0 saturated heterocycles. The number of ether oxygens (including phenoxy) is 2. The summed E-state index contributed by atoms with van der Waals surface area (Å²) < 4.78 is 10.5. The molecule has 0 aromatic heterocycles. The van der Waals surface area contributed by atoms with Crippen LogP contribution in [0, 0.1) is 15.5 Å². The Balaban J connectivity index is 2.42. The third kappa shape index (κ3) is 3.39. The van der Waals surface area contributed by atoms with Crippen LogP contribution in [-0.2, 0) is 16.0 Å². The minimum Gasteiger partial charge on any atom is -0.497 e. The van der Waals surface area contributed by atoms with Gasteiger partial charge in [0.2, 0.25) is 6.54 Å². The van der Waals surface area contributed by atoms with Crippen LogP contribution in [0.15, 0.2) is 18.2 Å². The van der Waals surface area contributed by atoms with Crippen molar-refractivity contribution < 1.29 is 24.0 Å². The molecule has 0 radical (unpaired) electrons. The molecule has 0 spiro atoms. The summed E-state index contributed by atoms with van der Waals surface area (Å²) in [4.78, 5) is 35.9.